The third kappa shape index (κ3) is 4.36. The Kier molecular flexibility index (Phi) is 5.59. The van der Waals surface area contributed by atoms with E-state index < -0.39 is 11.4 Å². The van der Waals surface area contributed by atoms with Crippen molar-refractivity contribution in [2.24, 2.45) is 0 Å². The van der Waals surface area contributed by atoms with Crippen LogP contribution >= 0.6 is 0 Å². The topological polar surface area (TPSA) is 64.0 Å². The third-order valence-corrected chi connectivity index (χ3v) is 4.14. The molecule has 0 saturated carbocycles. The molecule has 0 saturated heterocycles. The van der Waals surface area contributed by atoms with Gasteiger partial charge < -0.3 is 0 Å². The van der Waals surface area contributed by atoms with E-state index in [9.17, 15) is 18.4 Å². The van der Waals surface area contributed by atoms with E-state index in [1.54, 1.807) is 12.1 Å². The fourth-order valence-corrected chi connectivity index (χ4v) is 2.84. The zero-order valence-electron chi connectivity index (χ0n) is 14.8. The van der Waals surface area contributed by atoms with Crippen molar-refractivity contribution < 1.29 is 13.6 Å². The zero-order chi connectivity index (χ0) is 19.4. The number of amides is 1. The van der Waals surface area contributed by atoms with Crippen LogP contribution in [-0.2, 0) is 17.6 Å². The Bertz CT molecular complexity index is 1050. The second-order valence-electron chi connectivity index (χ2n) is 6.24. The number of hydrogen-bond acceptors (Lipinski definition) is 3. The molecule has 1 heterocycles. The highest BCUT2D eigenvalue weighted by atomic mass is 19.1. The maximum absolute atomic E-state index is 13.4. The maximum Gasteiger partial charge on any atom is 0.280 e. The number of rotatable bonds is 6. The van der Waals surface area contributed by atoms with Crippen molar-refractivity contribution in [2.75, 3.05) is 5.43 Å². The van der Waals surface area contributed by atoms with Gasteiger partial charge in [-0.1, -0.05) is 19.1 Å². The van der Waals surface area contributed by atoms with Crippen molar-refractivity contribution in [3.05, 3.63) is 75.8 Å². The van der Waals surface area contributed by atoms with E-state index in [1.807, 2.05) is 6.92 Å². The highest BCUT2D eigenvalue weighted by Crippen LogP contribution is 2.11. The zero-order valence-corrected chi connectivity index (χ0v) is 14.8. The van der Waals surface area contributed by atoms with Gasteiger partial charge in [-0.3, -0.25) is 15.0 Å². The maximum atomic E-state index is 13.4. The van der Waals surface area contributed by atoms with Gasteiger partial charge in [0.25, 0.3) is 5.56 Å². The van der Waals surface area contributed by atoms with Crippen molar-refractivity contribution in [1.82, 2.24) is 9.66 Å². The lowest BCUT2D eigenvalue weighted by Crippen LogP contribution is -2.36. The molecule has 3 rings (SSSR count). The Hall–Kier alpha value is -3.09. The smallest absolute Gasteiger partial charge is 0.273 e. The van der Waals surface area contributed by atoms with Crippen molar-refractivity contribution in [2.45, 2.75) is 32.6 Å². The number of carbonyl (C=O) groups is 1. The number of benzene rings is 2. The van der Waals surface area contributed by atoms with Gasteiger partial charge in [0, 0.05) is 18.9 Å². The molecule has 140 valence electrons. The predicted octanol–water partition coefficient (Wildman–Crippen LogP) is 3.33. The average Bonchev–Trinajstić information content (AvgIpc) is 2.63. The molecule has 5 nitrogen and oxygen atoms in total. The summed E-state index contributed by atoms with van der Waals surface area (Å²) < 4.78 is 27.8. The lowest BCUT2D eigenvalue weighted by atomic mass is 10.1. The Balaban J connectivity index is 1.85. The van der Waals surface area contributed by atoms with Crippen LogP contribution in [0.25, 0.3) is 10.9 Å². The Labute approximate surface area is 154 Å². The first kappa shape index (κ1) is 18.7. The van der Waals surface area contributed by atoms with Crippen LogP contribution in [0.15, 0.2) is 47.3 Å². The molecule has 0 bridgehead atoms. The van der Waals surface area contributed by atoms with Crippen molar-refractivity contribution >= 4 is 16.8 Å². The molecule has 0 radical (unpaired) electrons. The van der Waals surface area contributed by atoms with Crippen molar-refractivity contribution in [3.63, 3.8) is 0 Å². The SMILES string of the molecule is CCCc1nc2cc(F)ccc2c(=O)n1NC(=O)CCc1cccc(F)c1. The van der Waals surface area contributed by atoms with E-state index in [0.29, 0.717) is 30.7 Å². The number of halogens is 2. The van der Waals surface area contributed by atoms with Crippen LogP contribution in [0.3, 0.4) is 0 Å². The molecule has 0 aliphatic rings. The molecule has 0 atom stereocenters. The minimum absolute atomic E-state index is 0.0862. The quantitative estimate of drug-likeness (QED) is 0.723. The van der Waals surface area contributed by atoms with Gasteiger partial charge in [-0.2, -0.15) is 0 Å². The minimum atomic E-state index is -0.478. The van der Waals surface area contributed by atoms with E-state index in [2.05, 4.69) is 10.4 Å². The number of aryl methyl sites for hydroxylation is 2. The largest absolute Gasteiger partial charge is 0.280 e. The van der Waals surface area contributed by atoms with E-state index in [-0.39, 0.29) is 29.0 Å². The molecule has 0 aliphatic carbocycles. The number of hydrogen-bond donors (Lipinski definition) is 1. The van der Waals surface area contributed by atoms with E-state index >= 15 is 0 Å². The molecule has 27 heavy (non-hydrogen) atoms. The fourth-order valence-electron chi connectivity index (χ4n) is 2.84. The molecule has 1 amide bonds. The number of nitrogens with one attached hydrogen (secondary N) is 1. The normalized spacial score (nSPS) is 10.9. The summed E-state index contributed by atoms with van der Waals surface area (Å²) in [6.07, 6.45) is 1.58. The number of carbonyl (C=O) groups excluding carboxylic acids is 1. The Morgan fingerprint density at radius 2 is 1.89 bits per heavy atom. The molecule has 7 heteroatoms. The average molecular weight is 371 g/mol. The van der Waals surface area contributed by atoms with Gasteiger partial charge in [0.2, 0.25) is 5.91 Å². The van der Waals surface area contributed by atoms with Gasteiger partial charge in [-0.25, -0.2) is 18.4 Å². The first-order valence-electron chi connectivity index (χ1n) is 8.73. The van der Waals surface area contributed by atoms with Gasteiger partial charge in [0.15, 0.2) is 0 Å². The summed E-state index contributed by atoms with van der Waals surface area (Å²) in [4.78, 5) is 29.4. The summed E-state index contributed by atoms with van der Waals surface area (Å²) in [6, 6.07) is 9.76. The second-order valence-corrected chi connectivity index (χ2v) is 6.24. The third-order valence-electron chi connectivity index (χ3n) is 4.14. The Morgan fingerprint density at radius 3 is 2.63 bits per heavy atom. The summed E-state index contributed by atoms with van der Waals surface area (Å²) in [7, 11) is 0. The van der Waals surface area contributed by atoms with Crippen LogP contribution in [-0.4, -0.2) is 15.6 Å². The van der Waals surface area contributed by atoms with Gasteiger partial charge in [0.05, 0.1) is 10.9 Å². The molecule has 3 aromatic rings. The molecule has 0 aliphatic heterocycles. The molecular weight excluding hydrogens is 352 g/mol. The van der Waals surface area contributed by atoms with Crippen molar-refractivity contribution in [3.8, 4) is 0 Å². The first-order valence-corrected chi connectivity index (χ1v) is 8.73. The van der Waals surface area contributed by atoms with Gasteiger partial charge in [-0.05, 0) is 42.7 Å². The van der Waals surface area contributed by atoms with Crippen LogP contribution in [0.1, 0.15) is 31.2 Å². The van der Waals surface area contributed by atoms with Crippen LogP contribution in [0.4, 0.5) is 8.78 Å². The molecule has 2 aromatic carbocycles. The summed E-state index contributed by atoms with van der Waals surface area (Å²) >= 11 is 0. The van der Waals surface area contributed by atoms with Crippen LogP contribution in [0.2, 0.25) is 0 Å². The van der Waals surface area contributed by atoms with Crippen LogP contribution in [0.5, 0.6) is 0 Å². The predicted molar refractivity (Wildman–Crippen MR) is 99.0 cm³/mol. The van der Waals surface area contributed by atoms with Crippen LogP contribution in [0, 0.1) is 11.6 Å². The fraction of sp³-hybridized carbons (Fsp3) is 0.250. The molecule has 1 aromatic heterocycles. The molecule has 0 unspecified atom stereocenters. The molecular formula is C20H19F2N3O2. The standard InChI is InChI=1S/C20H19F2N3O2/c1-2-4-18-23-17-12-15(22)8-9-16(17)20(27)25(18)24-19(26)10-7-13-5-3-6-14(21)11-13/h3,5-6,8-9,11-12H,2,4,7,10H2,1H3,(H,24,26). The first-order chi connectivity index (χ1) is 13.0. The van der Waals surface area contributed by atoms with E-state index in [1.165, 1.54) is 30.3 Å². The summed E-state index contributed by atoms with van der Waals surface area (Å²) in [5.41, 5.74) is 3.07. The molecule has 1 N–H and O–H groups in total. The van der Waals surface area contributed by atoms with E-state index in [4.69, 9.17) is 0 Å². The monoisotopic (exact) mass is 371 g/mol. The van der Waals surface area contributed by atoms with Gasteiger partial charge in [-0.15, -0.1) is 0 Å². The lowest BCUT2D eigenvalue weighted by molar-refractivity contribution is -0.117. The second kappa shape index (κ2) is 8.07. The van der Waals surface area contributed by atoms with Crippen molar-refractivity contribution in [1.29, 1.82) is 0 Å². The molecule has 0 fully saturated rings. The lowest BCUT2D eigenvalue weighted by Gasteiger charge is -2.14. The van der Waals surface area contributed by atoms with Gasteiger partial charge in [0.1, 0.15) is 17.5 Å². The molecule has 0 spiro atoms. The van der Waals surface area contributed by atoms with Gasteiger partial charge >= 0.3 is 0 Å². The summed E-state index contributed by atoms with van der Waals surface area (Å²) in [6.45, 7) is 1.91. The highest BCUT2D eigenvalue weighted by Gasteiger charge is 2.14. The Morgan fingerprint density at radius 1 is 1.11 bits per heavy atom. The number of aromatic nitrogens is 2. The van der Waals surface area contributed by atoms with E-state index in [0.717, 1.165) is 4.68 Å². The summed E-state index contributed by atoms with van der Waals surface area (Å²) in [5.74, 6) is -0.865. The summed E-state index contributed by atoms with van der Waals surface area (Å²) in [5, 5.41) is 0.224. The number of nitrogens with zero attached hydrogens (tertiary/aromatic N) is 2. The van der Waals surface area contributed by atoms with Crippen LogP contribution < -0.4 is 11.0 Å². The minimum Gasteiger partial charge on any atom is -0.273 e. The number of fused-ring (bicyclic) bond motifs is 1. The highest BCUT2D eigenvalue weighted by molar-refractivity contribution is 5.84.